The van der Waals surface area contributed by atoms with Gasteiger partial charge in [-0.1, -0.05) is 36.4 Å². The van der Waals surface area contributed by atoms with Crippen molar-refractivity contribution in [3.8, 4) is 0 Å². The lowest BCUT2D eigenvalue weighted by Crippen LogP contribution is -2.56. The van der Waals surface area contributed by atoms with Gasteiger partial charge in [-0.2, -0.15) is 4.31 Å². The smallest absolute Gasteiger partial charge is 0.218 e. The molecule has 0 amide bonds. The third kappa shape index (κ3) is 4.08. The fourth-order valence-corrected chi connectivity index (χ4v) is 6.24. The van der Waals surface area contributed by atoms with E-state index in [0.717, 1.165) is 44.3 Å². The van der Waals surface area contributed by atoms with Gasteiger partial charge in [0.15, 0.2) is 0 Å². The summed E-state index contributed by atoms with van der Waals surface area (Å²) in [6, 6.07) is 13.6. The third-order valence-electron chi connectivity index (χ3n) is 5.94. The Morgan fingerprint density at radius 3 is 2.44 bits per heavy atom. The Balaban J connectivity index is 1.51. The van der Waals surface area contributed by atoms with E-state index in [9.17, 15) is 8.42 Å². The molecule has 0 aliphatic carbocycles. The average Bonchev–Trinajstić information content (AvgIpc) is 3.04. The zero-order valence-corrected chi connectivity index (χ0v) is 16.4. The molecule has 1 aromatic carbocycles. The maximum absolute atomic E-state index is 13.1. The van der Waals surface area contributed by atoms with Crippen molar-refractivity contribution in [2.24, 2.45) is 0 Å². The summed E-state index contributed by atoms with van der Waals surface area (Å²) in [6.45, 7) is 3.13. The van der Waals surface area contributed by atoms with Gasteiger partial charge in [0, 0.05) is 37.6 Å². The van der Waals surface area contributed by atoms with E-state index in [1.54, 1.807) is 10.5 Å². The van der Waals surface area contributed by atoms with Crippen molar-refractivity contribution >= 4 is 10.0 Å². The van der Waals surface area contributed by atoms with E-state index in [1.165, 1.54) is 5.56 Å². The molecule has 1 spiro atoms. The normalized spacial score (nSPS) is 24.4. The van der Waals surface area contributed by atoms with E-state index in [-0.39, 0.29) is 11.3 Å². The molecule has 0 saturated carbocycles. The van der Waals surface area contributed by atoms with Crippen LogP contribution in [0.4, 0.5) is 0 Å². The molecule has 144 valence electrons. The van der Waals surface area contributed by atoms with Crippen LogP contribution in [0.25, 0.3) is 0 Å². The van der Waals surface area contributed by atoms with Crippen LogP contribution >= 0.6 is 0 Å². The van der Waals surface area contributed by atoms with Gasteiger partial charge in [-0.25, -0.2) is 8.42 Å². The van der Waals surface area contributed by atoms with Gasteiger partial charge in [0.1, 0.15) is 0 Å². The highest BCUT2D eigenvalue weighted by molar-refractivity contribution is 7.88. The summed E-state index contributed by atoms with van der Waals surface area (Å²) >= 11 is 0. The van der Waals surface area contributed by atoms with Gasteiger partial charge in [0.2, 0.25) is 10.0 Å². The zero-order chi connectivity index (χ0) is 18.7. The second-order valence-corrected chi connectivity index (χ2v) is 9.76. The zero-order valence-electron chi connectivity index (χ0n) is 15.6. The van der Waals surface area contributed by atoms with Crippen LogP contribution in [0, 0.1) is 0 Å². The molecule has 2 aromatic rings. The molecule has 1 aromatic heterocycles. The van der Waals surface area contributed by atoms with Gasteiger partial charge in [0.05, 0.1) is 5.75 Å². The van der Waals surface area contributed by atoms with Crippen LogP contribution in [0.1, 0.15) is 36.8 Å². The summed E-state index contributed by atoms with van der Waals surface area (Å²) in [4.78, 5) is 6.72. The van der Waals surface area contributed by atoms with E-state index in [1.807, 2.05) is 42.6 Å². The molecule has 1 unspecified atom stereocenters. The summed E-state index contributed by atoms with van der Waals surface area (Å²) in [6.07, 6.45) is 7.92. The van der Waals surface area contributed by atoms with Gasteiger partial charge in [0.25, 0.3) is 0 Å². The van der Waals surface area contributed by atoms with Gasteiger partial charge in [-0.3, -0.25) is 9.88 Å². The SMILES string of the molecule is O=S(=O)(Cc1ccccc1)N1CCCC2(CCCN2Cc2cccnc2)C1. The fraction of sp³-hybridized carbons (Fsp3) is 0.476. The fourth-order valence-electron chi connectivity index (χ4n) is 4.60. The Hall–Kier alpha value is -1.76. The number of likely N-dealkylation sites (tertiary alicyclic amines) is 1. The molecule has 2 fully saturated rings. The number of nitrogens with zero attached hydrogens (tertiary/aromatic N) is 3. The van der Waals surface area contributed by atoms with E-state index >= 15 is 0 Å². The van der Waals surface area contributed by atoms with Crippen molar-refractivity contribution in [1.29, 1.82) is 0 Å². The van der Waals surface area contributed by atoms with Crippen molar-refractivity contribution in [1.82, 2.24) is 14.2 Å². The van der Waals surface area contributed by atoms with E-state index in [4.69, 9.17) is 0 Å². The largest absolute Gasteiger partial charge is 0.292 e. The van der Waals surface area contributed by atoms with Gasteiger partial charge >= 0.3 is 0 Å². The molecule has 6 heteroatoms. The molecule has 3 heterocycles. The third-order valence-corrected chi connectivity index (χ3v) is 7.74. The lowest BCUT2D eigenvalue weighted by Gasteiger charge is -2.45. The Bertz CT molecular complexity index is 858. The summed E-state index contributed by atoms with van der Waals surface area (Å²) in [5.41, 5.74) is 2.02. The average molecular weight is 386 g/mol. The van der Waals surface area contributed by atoms with Crippen LogP contribution < -0.4 is 0 Å². The van der Waals surface area contributed by atoms with Crippen LogP contribution in [-0.2, 0) is 22.3 Å². The van der Waals surface area contributed by atoms with Crippen molar-refractivity contribution < 1.29 is 8.42 Å². The number of benzene rings is 1. The second kappa shape index (κ2) is 7.70. The number of aromatic nitrogens is 1. The summed E-state index contributed by atoms with van der Waals surface area (Å²) in [7, 11) is -3.30. The predicted molar refractivity (Wildman–Crippen MR) is 106 cm³/mol. The molecule has 2 aliphatic rings. The number of rotatable bonds is 5. The molecule has 5 nitrogen and oxygen atoms in total. The van der Waals surface area contributed by atoms with Gasteiger partial charge in [-0.05, 0) is 49.4 Å². The quantitative estimate of drug-likeness (QED) is 0.794. The molecule has 4 rings (SSSR count). The molecular formula is C21H27N3O2S. The molecule has 2 aliphatic heterocycles. The summed E-state index contributed by atoms with van der Waals surface area (Å²) in [5, 5.41) is 0. The highest BCUT2D eigenvalue weighted by atomic mass is 32.2. The Morgan fingerprint density at radius 2 is 1.70 bits per heavy atom. The van der Waals surface area contributed by atoms with Crippen LogP contribution in [0.3, 0.4) is 0 Å². The molecule has 27 heavy (non-hydrogen) atoms. The first-order chi connectivity index (χ1) is 13.1. The predicted octanol–water partition coefficient (Wildman–Crippen LogP) is 3.04. The van der Waals surface area contributed by atoms with Gasteiger partial charge in [-0.15, -0.1) is 0 Å². The Labute approximate surface area is 162 Å². The maximum Gasteiger partial charge on any atom is 0.218 e. The lowest BCUT2D eigenvalue weighted by atomic mass is 9.87. The second-order valence-electron chi connectivity index (χ2n) is 7.79. The monoisotopic (exact) mass is 385 g/mol. The van der Waals surface area contributed by atoms with Gasteiger partial charge < -0.3 is 0 Å². The first-order valence-electron chi connectivity index (χ1n) is 9.73. The Kier molecular flexibility index (Phi) is 5.30. The summed E-state index contributed by atoms with van der Waals surface area (Å²) in [5.74, 6) is 0.0898. The van der Waals surface area contributed by atoms with E-state index < -0.39 is 10.0 Å². The molecule has 0 radical (unpaired) electrons. The minimum absolute atomic E-state index is 0.0299. The summed E-state index contributed by atoms with van der Waals surface area (Å²) < 4.78 is 27.9. The van der Waals surface area contributed by atoms with Crippen LogP contribution in [0.15, 0.2) is 54.9 Å². The Morgan fingerprint density at radius 1 is 0.963 bits per heavy atom. The van der Waals surface area contributed by atoms with Crippen LogP contribution in [0.2, 0.25) is 0 Å². The molecule has 0 N–H and O–H groups in total. The van der Waals surface area contributed by atoms with Crippen molar-refractivity contribution in [3.63, 3.8) is 0 Å². The number of pyridine rings is 1. The highest BCUT2D eigenvalue weighted by Crippen LogP contribution is 2.39. The van der Waals surface area contributed by atoms with Crippen molar-refractivity contribution in [3.05, 3.63) is 66.0 Å². The number of sulfonamides is 1. The molecule has 1 atom stereocenters. The van der Waals surface area contributed by atoms with Crippen molar-refractivity contribution in [2.75, 3.05) is 19.6 Å². The first-order valence-corrected chi connectivity index (χ1v) is 11.3. The van der Waals surface area contributed by atoms with E-state index in [2.05, 4.69) is 16.0 Å². The highest BCUT2D eigenvalue weighted by Gasteiger charge is 2.46. The lowest BCUT2D eigenvalue weighted by molar-refractivity contribution is 0.0678. The van der Waals surface area contributed by atoms with Crippen LogP contribution in [-0.4, -0.2) is 47.8 Å². The topological polar surface area (TPSA) is 53.5 Å². The molecule has 2 saturated heterocycles. The molecular weight excluding hydrogens is 358 g/mol. The number of piperidine rings is 1. The number of hydrogen-bond acceptors (Lipinski definition) is 4. The number of hydrogen-bond donors (Lipinski definition) is 0. The standard InChI is InChI=1S/C21H27N3O2S/c25-27(26,17-19-7-2-1-3-8-19)24-14-6-11-21(18-24)10-5-13-23(21)16-20-9-4-12-22-15-20/h1-4,7-9,12,15H,5-6,10-11,13-14,16-18H2. The van der Waals surface area contributed by atoms with Crippen molar-refractivity contribution in [2.45, 2.75) is 43.5 Å². The minimum Gasteiger partial charge on any atom is -0.292 e. The van der Waals surface area contributed by atoms with Crippen LogP contribution in [0.5, 0.6) is 0 Å². The first kappa shape index (κ1) is 18.6. The maximum atomic E-state index is 13.1. The molecule has 0 bridgehead atoms. The van der Waals surface area contributed by atoms with E-state index in [0.29, 0.717) is 13.1 Å². The minimum atomic E-state index is -3.30.